The van der Waals surface area contributed by atoms with Crippen molar-refractivity contribution in [2.75, 3.05) is 0 Å². The van der Waals surface area contributed by atoms with E-state index in [1.807, 2.05) is 17.4 Å². The Bertz CT molecular complexity index is 2360. The summed E-state index contributed by atoms with van der Waals surface area (Å²) in [5.74, 6) is 0. The van der Waals surface area contributed by atoms with Crippen LogP contribution >= 0.6 is 11.3 Å². The topological polar surface area (TPSA) is 4.93 Å². The SMILES string of the molecule is C=Cc1c(/C=C\C)n(-c2cccc([Si](c3ccccc3)(c3ccccc3)c3cccc4c3sc3ccccc34)c2)c2ccccc12. The zero-order chi connectivity index (χ0) is 31.1. The van der Waals surface area contributed by atoms with Crippen LogP contribution in [-0.4, -0.2) is 12.6 Å². The van der Waals surface area contributed by atoms with Crippen LogP contribution in [0.2, 0.25) is 0 Å². The van der Waals surface area contributed by atoms with Gasteiger partial charge in [0.05, 0.1) is 11.2 Å². The fourth-order valence-electron chi connectivity index (χ4n) is 7.36. The fourth-order valence-corrected chi connectivity index (χ4v) is 13.9. The van der Waals surface area contributed by atoms with Crippen molar-refractivity contribution >= 4 is 83.4 Å². The van der Waals surface area contributed by atoms with Crippen molar-refractivity contribution in [2.24, 2.45) is 0 Å². The van der Waals surface area contributed by atoms with Gasteiger partial charge in [-0.1, -0.05) is 146 Å². The van der Waals surface area contributed by atoms with Gasteiger partial charge in [-0.15, -0.1) is 11.3 Å². The lowest BCUT2D eigenvalue weighted by Crippen LogP contribution is -2.74. The number of rotatable bonds is 7. The van der Waals surface area contributed by atoms with Crippen molar-refractivity contribution in [1.29, 1.82) is 0 Å². The minimum Gasteiger partial charge on any atom is -0.309 e. The van der Waals surface area contributed by atoms with Crippen LogP contribution in [0.4, 0.5) is 0 Å². The molecule has 220 valence electrons. The second-order valence-electron chi connectivity index (χ2n) is 11.7. The first kappa shape index (κ1) is 28.3. The Morgan fingerprint density at radius 1 is 0.609 bits per heavy atom. The van der Waals surface area contributed by atoms with Gasteiger partial charge in [-0.25, -0.2) is 0 Å². The lowest BCUT2D eigenvalue weighted by molar-refractivity contribution is 1.11. The van der Waals surface area contributed by atoms with Crippen LogP contribution in [-0.2, 0) is 0 Å². The van der Waals surface area contributed by atoms with Gasteiger partial charge in [-0.3, -0.25) is 0 Å². The van der Waals surface area contributed by atoms with E-state index in [0.29, 0.717) is 0 Å². The van der Waals surface area contributed by atoms with Gasteiger partial charge in [0.25, 0.3) is 0 Å². The van der Waals surface area contributed by atoms with Gasteiger partial charge in [0.15, 0.2) is 8.07 Å². The number of hydrogen-bond donors (Lipinski definition) is 0. The number of para-hydroxylation sites is 1. The molecule has 0 spiro atoms. The highest BCUT2D eigenvalue weighted by molar-refractivity contribution is 7.30. The minimum absolute atomic E-state index is 1.15. The Balaban J connectivity index is 1.51. The lowest BCUT2D eigenvalue weighted by Gasteiger charge is -2.35. The molecule has 0 aliphatic rings. The molecular weight excluding hydrogens is 591 g/mol. The van der Waals surface area contributed by atoms with E-state index in [1.54, 1.807) is 0 Å². The summed E-state index contributed by atoms with van der Waals surface area (Å²) in [5.41, 5.74) is 4.64. The van der Waals surface area contributed by atoms with E-state index >= 15 is 0 Å². The molecule has 0 aliphatic carbocycles. The monoisotopic (exact) mass is 623 g/mol. The summed E-state index contributed by atoms with van der Waals surface area (Å²) in [5, 5.41) is 9.41. The molecule has 2 heterocycles. The van der Waals surface area contributed by atoms with Crippen LogP contribution in [0.15, 0.2) is 164 Å². The minimum atomic E-state index is -2.84. The second-order valence-corrected chi connectivity index (χ2v) is 16.5. The summed E-state index contributed by atoms with van der Waals surface area (Å²) in [6, 6.07) is 56.3. The highest BCUT2D eigenvalue weighted by atomic mass is 32.1. The van der Waals surface area contributed by atoms with Crippen molar-refractivity contribution in [3.63, 3.8) is 0 Å². The first-order chi connectivity index (χ1) is 22.8. The lowest BCUT2D eigenvalue weighted by atomic mass is 10.1. The van der Waals surface area contributed by atoms with E-state index in [9.17, 15) is 0 Å². The highest BCUT2D eigenvalue weighted by Crippen LogP contribution is 2.35. The Morgan fingerprint density at radius 2 is 1.22 bits per heavy atom. The molecule has 0 aliphatic heterocycles. The molecule has 2 aromatic heterocycles. The Morgan fingerprint density at radius 3 is 1.93 bits per heavy atom. The molecule has 0 saturated heterocycles. The molecule has 0 bridgehead atoms. The third-order valence-electron chi connectivity index (χ3n) is 9.24. The molecule has 3 heteroatoms. The third kappa shape index (κ3) is 4.27. The molecule has 0 radical (unpaired) electrons. The molecule has 8 rings (SSSR count). The van der Waals surface area contributed by atoms with Crippen molar-refractivity contribution in [2.45, 2.75) is 6.92 Å². The zero-order valence-corrected chi connectivity index (χ0v) is 27.5. The Labute approximate surface area is 275 Å². The van der Waals surface area contributed by atoms with Gasteiger partial charge in [-0.05, 0) is 58.0 Å². The van der Waals surface area contributed by atoms with E-state index in [1.165, 1.54) is 51.8 Å². The molecule has 8 aromatic rings. The van der Waals surface area contributed by atoms with Crippen LogP contribution in [0.1, 0.15) is 18.2 Å². The molecule has 0 N–H and O–H groups in total. The van der Waals surface area contributed by atoms with Gasteiger partial charge in [0.2, 0.25) is 0 Å². The van der Waals surface area contributed by atoms with Crippen LogP contribution in [0.5, 0.6) is 0 Å². The average molecular weight is 624 g/mol. The second kappa shape index (κ2) is 11.6. The Kier molecular flexibility index (Phi) is 7.13. The molecule has 0 amide bonds. The molecule has 0 unspecified atom stereocenters. The molecule has 1 nitrogen and oxygen atoms in total. The maximum absolute atomic E-state index is 4.21. The fraction of sp³-hybridized carbons (Fsp3) is 0.0233. The van der Waals surface area contributed by atoms with Crippen LogP contribution < -0.4 is 20.7 Å². The highest BCUT2D eigenvalue weighted by Gasteiger charge is 2.43. The normalized spacial score (nSPS) is 12.0. The Hall–Kier alpha value is -5.22. The maximum Gasteiger partial charge on any atom is 0.181 e. The predicted octanol–water partition coefficient (Wildman–Crippen LogP) is 9.05. The van der Waals surface area contributed by atoms with Crippen molar-refractivity contribution in [1.82, 2.24) is 4.57 Å². The molecule has 0 fully saturated rings. The molecular formula is C43H33NSSi. The molecule has 0 atom stereocenters. The molecule has 6 aromatic carbocycles. The van der Waals surface area contributed by atoms with Gasteiger partial charge < -0.3 is 4.57 Å². The van der Waals surface area contributed by atoms with Crippen molar-refractivity contribution in [3.8, 4) is 5.69 Å². The van der Waals surface area contributed by atoms with Gasteiger partial charge in [0, 0.05) is 36.8 Å². The number of nitrogens with zero attached hydrogens (tertiary/aromatic N) is 1. The van der Waals surface area contributed by atoms with Crippen LogP contribution in [0, 0.1) is 0 Å². The molecule has 0 saturated carbocycles. The van der Waals surface area contributed by atoms with Crippen LogP contribution in [0.25, 0.3) is 48.9 Å². The van der Waals surface area contributed by atoms with E-state index in [-0.39, 0.29) is 0 Å². The summed E-state index contributed by atoms with van der Waals surface area (Å²) in [4.78, 5) is 0. The summed E-state index contributed by atoms with van der Waals surface area (Å²) in [6.07, 6.45) is 6.32. The van der Waals surface area contributed by atoms with Gasteiger partial charge in [-0.2, -0.15) is 0 Å². The largest absolute Gasteiger partial charge is 0.309 e. The molecule has 46 heavy (non-hydrogen) atoms. The van der Waals surface area contributed by atoms with E-state index in [4.69, 9.17) is 0 Å². The number of fused-ring (bicyclic) bond motifs is 4. The summed E-state index contributed by atoms with van der Waals surface area (Å²) >= 11 is 1.93. The third-order valence-corrected chi connectivity index (χ3v) is 15.4. The van der Waals surface area contributed by atoms with E-state index in [2.05, 4.69) is 182 Å². The quantitative estimate of drug-likeness (QED) is 0.123. The first-order valence-electron chi connectivity index (χ1n) is 15.8. The number of benzene rings is 6. The number of allylic oxidation sites excluding steroid dienone is 1. The predicted molar refractivity (Wildman–Crippen MR) is 205 cm³/mol. The zero-order valence-electron chi connectivity index (χ0n) is 25.7. The number of aromatic nitrogens is 1. The number of thiophene rings is 1. The first-order valence-corrected chi connectivity index (χ1v) is 18.6. The van der Waals surface area contributed by atoms with E-state index in [0.717, 1.165) is 16.9 Å². The van der Waals surface area contributed by atoms with Crippen molar-refractivity contribution in [3.05, 3.63) is 176 Å². The van der Waals surface area contributed by atoms with Crippen molar-refractivity contribution < 1.29 is 0 Å². The van der Waals surface area contributed by atoms with Crippen LogP contribution in [0.3, 0.4) is 0 Å². The van der Waals surface area contributed by atoms with Gasteiger partial charge >= 0.3 is 0 Å². The maximum atomic E-state index is 4.21. The average Bonchev–Trinajstić information content (AvgIpc) is 3.66. The summed E-state index contributed by atoms with van der Waals surface area (Å²) < 4.78 is 5.11. The van der Waals surface area contributed by atoms with E-state index < -0.39 is 8.07 Å². The van der Waals surface area contributed by atoms with Gasteiger partial charge in [0.1, 0.15) is 0 Å². The summed E-state index contributed by atoms with van der Waals surface area (Å²) in [6.45, 7) is 6.30. The summed E-state index contributed by atoms with van der Waals surface area (Å²) in [7, 11) is -2.84. The number of hydrogen-bond acceptors (Lipinski definition) is 1. The smallest absolute Gasteiger partial charge is 0.181 e. The standard InChI is InChI=1S/C43H33NSSi/c1-3-17-39-35(4-2)36-24-11-13-27-40(36)44(39)31-18-15-23-34(30-31)46(32-19-7-5-8-20-32,33-21-9-6-10-22-33)42-29-16-26-38-37-25-12-14-28-41(37)45-43(38)42/h3-30H,2H2,1H3/b17-3-.